The van der Waals surface area contributed by atoms with Crippen molar-refractivity contribution in [2.24, 2.45) is 0 Å². The van der Waals surface area contributed by atoms with E-state index in [1.165, 1.54) is 10.5 Å². The molecule has 0 aliphatic heterocycles. The molecule has 0 aromatic carbocycles. The lowest BCUT2D eigenvalue weighted by Gasteiger charge is -1.96. The largest absolute Gasteiger partial charge is 0.383 e. The second kappa shape index (κ2) is 2.20. The first-order valence-corrected chi connectivity index (χ1v) is 3.59. The van der Waals surface area contributed by atoms with Gasteiger partial charge in [-0.05, 0) is 19.1 Å². The van der Waals surface area contributed by atoms with Crippen LogP contribution in [0.4, 0.5) is 10.2 Å². The summed E-state index contributed by atoms with van der Waals surface area (Å²) < 4.78 is 14.4. The van der Waals surface area contributed by atoms with Crippen LogP contribution in [0.15, 0.2) is 18.2 Å². The average molecular weight is 165 g/mol. The molecule has 0 atom stereocenters. The molecule has 3 nitrogen and oxygen atoms in total. The van der Waals surface area contributed by atoms with Gasteiger partial charge in [-0.2, -0.15) is 4.39 Å². The number of nitrogens with zero attached hydrogens (tertiary/aromatic N) is 2. The molecule has 0 aliphatic rings. The maximum atomic E-state index is 13.1. The third kappa shape index (κ3) is 0.777. The van der Waals surface area contributed by atoms with Crippen molar-refractivity contribution >= 4 is 11.5 Å². The van der Waals surface area contributed by atoms with Crippen LogP contribution in [-0.4, -0.2) is 9.38 Å². The molecule has 2 aromatic heterocycles. The second-order valence-corrected chi connectivity index (χ2v) is 2.62. The summed E-state index contributed by atoms with van der Waals surface area (Å²) in [6.45, 7) is 1.75. The van der Waals surface area contributed by atoms with Gasteiger partial charge in [-0.1, -0.05) is 6.07 Å². The SMILES string of the molecule is Cc1nc2cccc(F)n2c1N. The fraction of sp³-hybridized carbons (Fsp3) is 0.125. The molecule has 0 amide bonds. The highest BCUT2D eigenvalue weighted by Gasteiger charge is 2.07. The van der Waals surface area contributed by atoms with Crippen molar-refractivity contribution in [3.8, 4) is 0 Å². The molecule has 0 fully saturated rings. The van der Waals surface area contributed by atoms with Crippen molar-refractivity contribution < 1.29 is 4.39 Å². The third-order valence-corrected chi connectivity index (χ3v) is 1.82. The topological polar surface area (TPSA) is 43.3 Å². The number of nitrogens with two attached hydrogens (primary N) is 1. The van der Waals surface area contributed by atoms with Crippen LogP contribution < -0.4 is 5.73 Å². The van der Waals surface area contributed by atoms with E-state index in [4.69, 9.17) is 5.73 Å². The van der Waals surface area contributed by atoms with Gasteiger partial charge in [0.1, 0.15) is 11.5 Å². The molecule has 2 heterocycles. The summed E-state index contributed by atoms with van der Waals surface area (Å²) in [4.78, 5) is 4.07. The van der Waals surface area contributed by atoms with E-state index < -0.39 is 0 Å². The number of imidazole rings is 1. The fourth-order valence-electron chi connectivity index (χ4n) is 1.19. The number of pyridine rings is 1. The van der Waals surface area contributed by atoms with Crippen LogP contribution in [0.5, 0.6) is 0 Å². The Morgan fingerprint density at radius 3 is 2.92 bits per heavy atom. The van der Waals surface area contributed by atoms with E-state index in [9.17, 15) is 4.39 Å². The van der Waals surface area contributed by atoms with Crippen LogP contribution in [0.2, 0.25) is 0 Å². The summed E-state index contributed by atoms with van der Waals surface area (Å²) in [5.41, 5.74) is 6.80. The Bertz CT molecular complexity index is 433. The first-order valence-electron chi connectivity index (χ1n) is 3.59. The molecule has 2 N–H and O–H groups in total. The van der Waals surface area contributed by atoms with Gasteiger partial charge in [-0.25, -0.2) is 4.98 Å². The molecule has 0 saturated carbocycles. The lowest BCUT2D eigenvalue weighted by Crippen LogP contribution is -1.97. The van der Waals surface area contributed by atoms with Crippen molar-refractivity contribution in [1.82, 2.24) is 9.38 Å². The van der Waals surface area contributed by atoms with Crippen molar-refractivity contribution in [1.29, 1.82) is 0 Å². The number of anilines is 1. The van der Waals surface area contributed by atoms with E-state index in [1.54, 1.807) is 19.1 Å². The van der Waals surface area contributed by atoms with Crippen LogP contribution in [-0.2, 0) is 0 Å². The van der Waals surface area contributed by atoms with Crippen molar-refractivity contribution in [2.75, 3.05) is 5.73 Å². The molecule has 0 aliphatic carbocycles. The minimum atomic E-state index is -0.384. The predicted octanol–water partition coefficient (Wildman–Crippen LogP) is 1.36. The lowest BCUT2D eigenvalue weighted by atomic mass is 10.4. The number of hydrogen-bond acceptors (Lipinski definition) is 2. The van der Waals surface area contributed by atoms with Crippen LogP contribution in [0, 0.1) is 12.9 Å². The van der Waals surface area contributed by atoms with E-state index >= 15 is 0 Å². The summed E-state index contributed by atoms with van der Waals surface area (Å²) in [5.74, 6) is -0.0197. The number of aryl methyl sites for hydroxylation is 1. The Morgan fingerprint density at radius 2 is 2.25 bits per heavy atom. The minimum absolute atomic E-state index is 0.364. The Balaban J connectivity index is 2.97. The minimum Gasteiger partial charge on any atom is -0.383 e. The second-order valence-electron chi connectivity index (χ2n) is 2.62. The van der Waals surface area contributed by atoms with Crippen molar-refractivity contribution in [2.45, 2.75) is 6.92 Å². The lowest BCUT2D eigenvalue weighted by molar-refractivity contribution is 0.570. The Morgan fingerprint density at radius 1 is 1.50 bits per heavy atom. The van der Waals surface area contributed by atoms with E-state index in [0.29, 0.717) is 17.2 Å². The summed E-state index contributed by atoms with van der Waals surface area (Å²) in [7, 11) is 0. The van der Waals surface area contributed by atoms with Gasteiger partial charge < -0.3 is 5.73 Å². The molecule has 2 rings (SSSR count). The van der Waals surface area contributed by atoms with Gasteiger partial charge >= 0.3 is 0 Å². The number of fused-ring (bicyclic) bond motifs is 1. The van der Waals surface area contributed by atoms with Crippen molar-refractivity contribution in [3.05, 3.63) is 29.8 Å². The van der Waals surface area contributed by atoms with Gasteiger partial charge in [0.2, 0.25) is 5.95 Å². The number of halogens is 1. The molecule has 0 radical (unpaired) electrons. The quantitative estimate of drug-likeness (QED) is 0.599. The third-order valence-electron chi connectivity index (χ3n) is 1.82. The number of hydrogen-bond donors (Lipinski definition) is 1. The molecule has 0 bridgehead atoms. The van der Waals surface area contributed by atoms with E-state index in [1.807, 2.05) is 0 Å². The molecule has 4 heteroatoms. The summed E-state index contributed by atoms with van der Waals surface area (Å²) in [6, 6.07) is 4.67. The Labute approximate surface area is 68.6 Å². The molecule has 0 unspecified atom stereocenters. The molecule has 12 heavy (non-hydrogen) atoms. The van der Waals surface area contributed by atoms with Gasteiger partial charge in [0, 0.05) is 0 Å². The number of rotatable bonds is 0. The highest BCUT2D eigenvalue weighted by Crippen LogP contribution is 2.15. The van der Waals surface area contributed by atoms with E-state index in [2.05, 4.69) is 4.98 Å². The zero-order valence-electron chi connectivity index (χ0n) is 6.58. The van der Waals surface area contributed by atoms with Gasteiger partial charge in [-0.3, -0.25) is 4.40 Å². The van der Waals surface area contributed by atoms with Gasteiger partial charge in [-0.15, -0.1) is 0 Å². The maximum absolute atomic E-state index is 13.1. The first-order chi connectivity index (χ1) is 5.70. The number of aromatic nitrogens is 2. The molecular weight excluding hydrogens is 157 g/mol. The van der Waals surface area contributed by atoms with Crippen LogP contribution in [0.1, 0.15) is 5.69 Å². The molecule has 0 saturated heterocycles. The fourth-order valence-corrected chi connectivity index (χ4v) is 1.19. The molecule has 2 aromatic rings. The predicted molar refractivity (Wildman–Crippen MR) is 44.3 cm³/mol. The Kier molecular flexibility index (Phi) is 1.30. The zero-order chi connectivity index (χ0) is 8.72. The molecule has 0 spiro atoms. The Hall–Kier alpha value is -1.58. The van der Waals surface area contributed by atoms with Crippen molar-refractivity contribution in [3.63, 3.8) is 0 Å². The van der Waals surface area contributed by atoms with Crippen LogP contribution >= 0.6 is 0 Å². The zero-order valence-corrected chi connectivity index (χ0v) is 6.58. The monoisotopic (exact) mass is 165 g/mol. The first kappa shape index (κ1) is 7.09. The maximum Gasteiger partial charge on any atom is 0.201 e. The summed E-state index contributed by atoms with van der Waals surface area (Å²) in [6.07, 6.45) is 0. The highest BCUT2D eigenvalue weighted by atomic mass is 19.1. The van der Waals surface area contributed by atoms with Gasteiger partial charge in [0.05, 0.1) is 5.69 Å². The van der Waals surface area contributed by atoms with Gasteiger partial charge in [0.25, 0.3) is 0 Å². The smallest absolute Gasteiger partial charge is 0.201 e. The number of nitrogen functional groups attached to an aromatic ring is 1. The van der Waals surface area contributed by atoms with E-state index in [0.717, 1.165) is 0 Å². The molecular formula is C8H8FN3. The normalized spacial score (nSPS) is 10.8. The highest BCUT2D eigenvalue weighted by molar-refractivity contribution is 5.52. The van der Waals surface area contributed by atoms with Crippen LogP contribution in [0.3, 0.4) is 0 Å². The van der Waals surface area contributed by atoms with Gasteiger partial charge in [0.15, 0.2) is 0 Å². The summed E-state index contributed by atoms with van der Waals surface area (Å²) >= 11 is 0. The average Bonchev–Trinajstić information content (AvgIpc) is 2.29. The van der Waals surface area contributed by atoms with Crippen LogP contribution in [0.25, 0.3) is 5.65 Å². The standard InChI is InChI=1S/C8H8FN3/c1-5-8(10)12-6(9)3-2-4-7(12)11-5/h2-4H,10H2,1H3. The van der Waals surface area contributed by atoms with E-state index in [-0.39, 0.29) is 5.95 Å². The molecule has 62 valence electrons. The summed E-state index contributed by atoms with van der Waals surface area (Å²) in [5, 5.41) is 0.